The number of benzene rings is 2. The highest BCUT2D eigenvalue weighted by molar-refractivity contribution is 5.81. The number of aromatic hydroxyl groups is 1. The van der Waals surface area contributed by atoms with Crippen molar-refractivity contribution in [3.05, 3.63) is 64.2 Å². The summed E-state index contributed by atoms with van der Waals surface area (Å²) in [5, 5.41) is 10.7. The van der Waals surface area contributed by atoms with Crippen LogP contribution in [-0.2, 0) is 18.5 Å². The van der Waals surface area contributed by atoms with Gasteiger partial charge in [-0.3, -0.25) is 14.3 Å². The topological polar surface area (TPSA) is 61.6 Å². The number of piperidine rings is 1. The van der Waals surface area contributed by atoms with E-state index in [4.69, 9.17) is 4.98 Å². The Balaban J connectivity index is 1.63. The van der Waals surface area contributed by atoms with E-state index in [1.54, 1.807) is 6.07 Å². The SMILES string of the molecule is CCCCc1nc2cc(N3CCC(c4cccc(O)c4)(N(C)C)CC3)ccc2c(=O)n1CC. The first-order valence-corrected chi connectivity index (χ1v) is 12.1. The molecule has 2 heterocycles. The zero-order valence-electron chi connectivity index (χ0n) is 20.3. The second-order valence-electron chi connectivity index (χ2n) is 9.35. The Morgan fingerprint density at radius 3 is 2.48 bits per heavy atom. The van der Waals surface area contributed by atoms with Crippen molar-refractivity contribution in [1.29, 1.82) is 0 Å². The van der Waals surface area contributed by atoms with Crippen LogP contribution in [0, 0.1) is 0 Å². The highest BCUT2D eigenvalue weighted by atomic mass is 16.3. The smallest absolute Gasteiger partial charge is 0.261 e. The van der Waals surface area contributed by atoms with Gasteiger partial charge in [-0.05, 0) is 76.2 Å². The van der Waals surface area contributed by atoms with Gasteiger partial charge in [0, 0.05) is 37.3 Å². The summed E-state index contributed by atoms with van der Waals surface area (Å²) in [5.41, 5.74) is 3.04. The quantitative estimate of drug-likeness (QED) is 0.576. The minimum Gasteiger partial charge on any atom is -0.508 e. The molecule has 1 N–H and O–H groups in total. The first-order chi connectivity index (χ1) is 15.9. The predicted octanol–water partition coefficient (Wildman–Crippen LogP) is 4.52. The third-order valence-electron chi connectivity index (χ3n) is 7.28. The van der Waals surface area contributed by atoms with Gasteiger partial charge in [0.05, 0.1) is 10.9 Å². The molecule has 3 aromatic rings. The molecule has 0 aliphatic carbocycles. The fourth-order valence-corrected chi connectivity index (χ4v) is 5.23. The molecule has 0 unspecified atom stereocenters. The van der Waals surface area contributed by atoms with E-state index in [0.717, 1.165) is 67.8 Å². The third kappa shape index (κ3) is 4.36. The molecule has 0 spiro atoms. The number of hydrogen-bond donors (Lipinski definition) is 1. The molecule has 176 valence electrons. The van der Waals surface area contributed by atoms with Crippen LogP contribution < -0.4 is 10.5 Å². The number of phenolic OH excluding ortho intramolecular Hbond substituents is 1. The molecule has 6 heteroatoms. The van der Waals surface area contributed by atoms with Crippen LogP contribution in [0.4, 0.5) is 5.69 Å². The summed E-state index contributed by atoms with van der Waals surface area (Å²) in [6, 6.07) is 13.8. The van der Waals surface area contributed by atoms with E-state index < -0.39 is 0 Å². The Bertz CT molecular complexity index is 1180. The van der Waals surface area contributed by atoms with Crippen LogP contribution in [-0.4, -0.2) is 46.7 Å². The molecule has 0 atom stereocenters. The Morgan fingerprint density at radius 1 is 1.09 bits per heavy atom. The van der Waals surface area contributed by atoms with Crippen LogP contribution in [0.3, 0.4) is 0 Å². The van der Waals surface area contributed by atoms with E-state index in [1.807, 2.05) is 29.7 Å². The lowest BCUT2D eigenvalue weighted by Crippen LogP contribution is -2.50. The van der Waals surface area contributed by atoms with E-state index in [2.05, 4.69) is 49.0 Å². The Labute approximate surface area is 196 Å². The highest BCUT2D eigenvalue weighted by Gasteiger charge is 2.38. The molecule has 4 rings (SSSR count). The largest absolute Gasteiger partial charge is 0.508 e. The van der Waals surface area contributed by atoms with E-state index in [9.17, 15) is 9.90 Å². The van der Waals surface area contributed by atoms with Gasteiger partial charge in [-0.2, -0.15) is 0 Å². The minimum absolute atomic E-state index is 0.0642. The second-order valence-corrected chi connectivity index (χ2v) is 9.35. The van der Waals surface area contributed by atoms with Gasteiger partial charge in [0.2, 0.25) is 0 Å². The van der Waals surface area contributed by atoms with Crippen molar-refractivity contribution in [2.75, 3.05) is 32.1 Å². The summed E-state index contributed by atoms with van der Waals surface area (Å²) < 4.78 is 1.82. The lowest BCUT2D eigenvalue weighted by atomic mass is 9.79. The van der Waals surface area contributed by atoms with E-state index in [0.29, 0.717) is 17.7 Å². The van der Waals surface area contributed by atoms with Crippen LogP contribution in [0.1, 0.15) is 50.9 Å². The standard InChI is InChI=1S/C27H36N4O2/c1-5-7-11-25-28-24-19-21(12-13-23(24)26(33)31(25)6-2)30-16-14-27(15-17-30,29(3)4)20-9-8-10-22(32)18-20/h8-10,12-13,18-19,32H,5-7,11,14-17H2,1-4H3. The fraction of sp³-hybridized carbons (Fsp3) is 0.481. The Kier molecular flexibility index (Phi) is 6.75. The fourth-order valence-electron chi connectivity index (χ4n) is 5.23. The highest BCUT2D eigenvalue weighted by Crippen LogP contribution is 2.39. The Morgan fingerprint density at radius 2 is 1.85 bits per heavy atom. The molecule has 0 radical (unpaired) electrons. The molecule has 33 heavy (non-hydrogen) atoms. The number of aryl methyl sites for hydroxylation is 1. The van der Waals surface area contributed by atoms with Crippen molar-refractivity contribution in [3.8, 4) is 5.75 Å². The molecule has 0 saturated carbocycles. The minimum atomic E-state index is -0.105. The molecule has 0 amide bonds. The molecule has 1 aromatic heterocycles. The number of rotatable bonds is 7. The number of phenols is 1. The molecular formula is C27H36N4O2. The number of anilines is 1. The average molecular weight is 449 g/mol. The predicted molar refractivity (Wildman–Crippen MR) is 135 cm³/mol. The average Bonchev–Trinajstić information content (AvgIpc) is 2.82. The zero-order valence-corrected chi connectivity index (χ0v) is 20.3. The number of unbranched alkanes of at least 4 members (excludes halogenated alkanes) is 1. The van der Waals surface area contributed by atoms with Gasteiger partial charge >= 0.3 is 0 Å². The molecule has 1 fully saturated rings. The van der Waals surface area contributed by atoms with Crippen LogP contribution in [0.15, 0.2) is 47.3 Å². The van der Waals surface area contributed by atoms with Crippen molar-refractivity contribution >= 4 is 16.6 Å². The number of aromatic nitrogens is 2. The maximum Gasteiger partial charge on any atom is 0.261 e. The first kappa shape index (κ1) is 23.3. The monoisotopic (exact) mass is 448 g/mol. The van der Waals surface area contributed by atoms with Gasteiger partial charge in [0.15, 0.2) is 0 Å². The van der Waals surface area contributed by atoms with Crippen molar-refractivity contribution in [2.24, 2.45) is 0 Å². The van der Waals surface area contributed by atoms with Gasteiger partial charge in [-0.1, -0.05) is 25.5 Å². The number of nitrogens with zero attached hydrogens (tertiary/aromatic N) is 4. The Hall–Kier alpha value is -2.86. The number of hydrogen-bond acceptors (Lipinski definition) is 5. The van der Waals surface area contributed by atoms with Crippen LogP contribution in [0.2, 0.25) is 0 Å². The van der Waals surface area contributed by atoms with Gasteiger partial charge in [0.25, 0.3) is 5.56 Å². The maximum absolute atomic E-state index is 13.1. The summed E-state index contributed by atoms with van der Waals surface area (Å²) in [5.74, 6) is 1.21. The van der Waals surface area contributed by atoms with Crippen molar-refractivity contribution in [2.45, 2.75) is 58.0 Å². The van der Waals surface area contributed by atoms with Crippen molar-refractivity contribution in [1.82, 2.24) is 14.5 Å². The maximum atomic E-state index is 13.1. The van der Waals surface area contributed by atoms with Crippen molar-refractivity contribution in [3.63, 3.8) is 0 Å². The van der Waals surface area contributed by atoms with E-state index in [-0.39, 0.29) is 11.1 Å². The first-order valence-electron chi connectivity index (χ1n) is 12.1. The summed E-state index contributed by atoms with van der Waals surface area (Å²) in [6.45, 7) is 6.61. The van der Waals surface area contributed by atoms with Gasteiger partial charge in [0.1, 0.15) is 11.6 Å². The lowest BCUT2D eigenvalue weighted by Gasteiger charge is -2.47. The summed E-state index contributed by atoms with van der Waals surface area (Å²) in [4.78, 5) is 22.7. The molecule has 2 aromatic carbocycles. The van der Waals surface area contributed by atoms with E-state index >= 15 is 0 Å². The third-order valence-corrected chi connectivity index (χ3v) is 7.28. The number of fused-ring (bicyclic) bond motifs is 1. The summed E-state index contributed by atoms with van der Waals surface area (Å²) >= 11 is 0. The molecule has 0 bridgehead atoms. The van der Waals surface area contributed by atoms with Crippen LogP contribution in [0.25, 0.3) is 10.9 Å². The van der Waals surface area contributed by atoms with Crippen LogP contribution >= 0.6 is 0 Å². The molecule has 1 aliphatic rings. The lowest BCUT2D eigenvalue weighted by molar-refractivity contribution is 0.115. The molecular weight excluding hydrogens is 412 g/mol. The second kappa shape index (κ2) is 9.56. The normalized spacial score (nSPS) is 16.0. The summed E-state index contributed by atoms with van der Waals surface area (Å²) in [7, 11) is 4.24. The molecule has 1 saturated heterocycles. The van der Waals surface area contributed by atoms with Gasteiger partial charge in [-0.25, -0.2) is 4.98 Å². The van der Waals surface area contributed by atoms with Gasteiger partial charge in [-0.15, -0.1) is 0 Å². The molecule has 1 aliphatic heterocycles. The van der Waals surface area contributed by atoms with E-state index in [1.165, 1.54) is 0 Å². The van der Waals surface area contributed by atoms with Crippen LogP contribution in [0.5, 0.6) is 5.75 Å². The zero-order chi connectivity index (χ0) is 23.6. The summed E-state index contributed by atoms with van der Waals surface area (Å²) in [6.07, 6.45) is 4.85. The van der Waals surface area contributed by atoms with Crippen molar-refractivity contribution < 1.29 is 5.11 Å². The molecule has 6 nitrogen and oxygen atoms in total. The van der Waals surface area contributed by atoms with Gasteiger partial charge < -0.3 is 10.0 Å².